The number of aromatic nitrogens is 7. The van der Waals surface area contributed by atoms with E-state index in [4.69, 9.17) is 10.8 Å². The maximum absolute atomic E-state index is 10.9. The lowest BCUT2D eigenvalue weighted by molar-refractivity contribution is 0.0691. The van der Waals surface area contributed by atoms with Crippen LogP contribution in [0.2, 0.25) is 0 Å². The van der Waals surface area contributed by atoms with E-state index in [9.17, 15) is 4.79 Å². The van der Waals surface area contributed by atoms with Crippen molar-refractivity contribution >= 4 is 17.3 Å². The van der Waals surface area contributed by atoms with E-state index < -0.39 is 5.97 Å². The summed E-state index contributed by atoms with van der Waals surface area (Å²) in [4.78, 5) is 14.8. The van der Waals surface area contributed by atoms with Gasteiger partial charge in [-0.15, -0.1) is 5.10 Å². The number of carbonyl (C=O) groups is 1. The number of tetrazole rings is 1. The van der Waals surface area contributed by atoms with Gasteiger partial charge in [-0.3, -0.25) is 4.98 Å². The average molecular weight is 246 g/mol. The molecule has 90 valence electrons. The third-order valence-corrected chi connectivity index (χ3v) is 2.27. The van der Waals surface area contributed by atoms with Gasteiger partial charge in [0.1, 0.15) is 0 Å². The van der Waals surface area contributed by atoms with Crippen LogP contribution in [-0.4, -0.2) is 45.9 Å². The maximum Gasteiger partial charge on any atom is 0.358 e. The van der Waals surface area contributed by atoms with E-state index in [1.165, 1.54) is 27.8 Å². The number of hydrogen-bond acceptors (Lipinski definition) is 7. The Morgan fingerprint density at radius 2 is 2.22 bits per heavy atom. The van der Waals surface area contributed by atoms with Crippen molar-refractivity contribution in [1.29, 1.82) is 0 Å². The second-order valence-corrected chi connectivity index (χ2v) is 3.40. The topological polar surface area (TPSA) is 137 Å². The van der Waals surface area contributed by atoms with Crippen molar-refractivity contribution in [2.75, 3.05) is 5.73 Å². The minimum absolute atomic E-state index is 0.0487. The molecule has 0 aromatic carbocycles. The Labute approximate surface area is 98.7 Å². The van der Waals surface area contributed by atoms with Gasteiger partial charge in [0.2, 0.25) is 0 Å². The van der Waals surface area contributed by atoms with Crippen molar-refractivity contribution in [3.8, 4) is 5.82 Å². The van der Waals surface area contributed by atoms with E-state index in [1.54, 1.807) is 0 Å². The Morgan fingerprint density at radius 3 is 2.94 bits per heavy atom. The number of nitrogen functional groups attached to an aromatic ring is 1. The van der Waals surface area contributed by atoms with E-state index in [2.05, 4.69) is 25.6 Å². The highest BCUT2D eigenvalue weighted by Gasteiger charge is 2.16. The molecule has 0 spiro atoms. The first-order valence-corrected chi connectivity index (χ1v) is 4.78. The van der Waals surface area contributed by atoms with Crippen molar-refractivity contribution in [3.05, 3.63) is 24.3 Å². The molecule has 0 aliphatic rings. The van der Waals surface area contributed by atoms with Gasteiger partial charge in [0.05, 0.1) is 24.3 Å². The normalized spacial score (nSPS) is 10.9. The highest BCUT2D eigenvalue weighted by atomic mass is 16.4. The minimum atomic E-state index is -1.21. The first-order valence-electron chi connectivity index (χ1n) is 4.78. The van der Waals surface area contributed by atoms with Gasteiger partial charge in [-0.1, -0.05) is 0 Å². The number of carboxylic acids is 1. The molecule has 0 saturated heterocycles. The Kier molecular flexibility index (Phi) is 1.96. The Hall–Kier alpha value is -3.04. The molecule has 3 aromatic heterocycles. The van der Waals surface area contributed by atoms with Crippen molar-refractivity contribution < 1.29 is 9.90 Å². The standard InChI is InChI=1S/C8H6N8O2/c9-4-3-15(12-7(4)8(17)18)6-2-10-1-5-11-13-14-16(5)6/h1-3H,9H2,(H,17,18). The zero-order valence-corrected chi connectivity index (χ0v) is 8.80. The van der Waals surface area contributed by atoms with Crippen LogP contribution in [0.4, 0.5) is 5.69 Å². The molecule has 0 bridgehead atoms. The molecule has 10 heteroatoms. The fraction of sp³-hybridized carbons (Fsp3) is 0. The van der Waals surface area contributed by atoms with E-state index >= 15 is 0 Å². The summed E-state index contributed by atoms with van der Waals surface area (Å²) < 4.78 is 2.63. The van der Waals surface area contributed by atoms with Gasteiger partial charge in [-0.05, 0) is 10.4 Å². The summed E-state index contributed by atoms with van der Waals surface area (Å²) >= 11 is 0. The Bertz CT molecular complexity index is 744. The molecule has 0 saturated carbocycles. The maximum atomic E-state index is 10.9. The van der Waals surface area contributed by atoms with Crippen molar-refractivity contribution in [2.45, 2.75) is 0 Å². The molecule has 0 aliphatic carbocycles. The number of anilines is 1. The lowest BCUT2D eigenvalue weighted by atomic mass is 10.4. The number of carboxylic acid groups (broad SMARTS) is 1. The molecule has 3 N–H and O–H groups in total. The summed E-state index contributed by atoms with van der Waals surface area (Å²) in [6.07, 6.45) is 4.28. The van der Waals surface area contributed by atoms with Crippen LogP contribution in [0.1, 0.15) is 10.5 Å². The molecule has 0 atom stereocenters. The third kappa shape index (κ3) is 1.36. The van der Waals surface area contributed by atoms with Gasteiger partial charge in [-0.25, -0.2) is 9.48 Å². The number of nitrogens with zero attached hydrogens (tertiary/aromatic N) is 7. The molecule has 0 radical (unpaired) electrons. The van der Waals surface area contributed by atoms with Crippen molar-refractivity contribution in [1.82, 2.24) is 34.8 Å². The monoisotopic (exact) mass is 246 g/mol. The molecule has 3 aromatic rings. The summed E-state index contributed by atoms with van der Waals surface area (Å²) in [5.74, 6) is -0.820. The number of rotatable bonds is 2. The number of fused-ring (bicyclic) bond motifs is 1. The van der Waals surface area contributed by atoms with Crippen LogP contribution in [0, 0.1) is 0 Å². The summed E-state index contributed by atoms with van der Waals surface area (Å²) in [6, 6.07) is 0. The van der Waals surface area contributed by atoms with Gasteiger partial charge in [0, 0.05) is 0 Å². The second kappa shape index (κ2) is 3.48. The molecular formula is C8H6N8O2. The Balaban J connectivity index is 2.23. The third-order valence-electron chi connectivity index (χ3n) is 2.27. The molecule has 3 rings (SSSR count). The van der Waals surface area contributed by atoms with Crippen LogP contribution in [-0.2, 0) is 0 Å². The molecule has 0 aliphatic heterocycles. The average Bonchev–Trinajstić information content (AvgIpc) is 2.94. The molecule has 0 unspecified atom stereocenters. The smallest absolute Gasteiger partial charge is 0.358 e. The highest BCUT2D eigenvalue weighted by molar-refractivity contribution is 5.91. The van der Waals surface area contributed by atoms with E-state index in [0.717, 1.165) is 0 Å². The largest absolute Gasteiger partial charge is 0.476 e. The van der Waals surface area contributed by atoms with E-state index in [0.29, 0.717) is 11.5 Å². The van der Waals surface area contributed by atoms with Crippen LogP contribution in [0.3, 0.4) is 0 Å². The predicted molar refractivity (Wildman–Crippen MR) is 57.1 cm³/mol. The van der Waals surface area contributed by atoms with Crippen LogP contribution < -0.4 is 5.73 Å². The predicted octanol–water partition coefficient (Wildman–Crippen LogP) is -1.01. The first-order chi connectivity index (χ1) is 8.66. The molecular weight excluding hydrogens is 240 g/mol. The van der Waals surface area contributed by atoms with Crippen LogP contribution >= 0.6 is 0 Å². The first kappa shape index (κ1) is 10.1. The van der Waals surface area contributed by atoms with Gasteiger partial charge in [0.25, 0.3) is 0 Å². The molecule has 18 heavy (non-hydrogen) atoms. The summed E-state index contributed by atoms with van der Waals surface area (Å²) in [6.45, 7) is 0. The minimum Gasteiger partial charge on any atom is -0.476 e. The lowest BCUT2D eigenvalue weighted by Gasteiger charge is -2.00. The fourth-order valence-electron chi connectivity index (χ4n) is 1.49. The van der Waals surface area contributed by atoms with Gasteiger partial charge in [0.15, 0.2) is 17.2 Å². The van der Waals surface area contributed by atoms with Crippen LogP contribution in [0.25, 0.3) is 11.5 Å². The van der Waals surface area contributed by atoms with Crippen LogP contribution in [0.15, 0.2) is 18.6 Å². The van der Waals surface area contributed by atoms with Gasteiger partial charge < -0.3 is 10.8 Å². The fourth-order valence-corrected chi connectivity index (χ4v) is 1.49. The SMILES string of the molecule is Nc1cn(-c2cncc3nnnn23)nc1C(=O)O. The molecule has 0 amide bonds. The number of nitrogens with two attached hydrogens (primary N) is 1. The van der Waals surface area contributed by atoms with Crippen molar-refractivity contribution in [2.24, 2.45) is 0 Å². The van der Waals surface area contributed by atoms with E-state index in [-0.39, 0.29) is 11.4 Å². The number of hydrogen-bond donors (Lipinski definition) is 2. The Morgan fingerprint density at radius 1 is 1.39 bits per heavy atom. The van der Waals surface area contributed by atoms with Crippen LogP contribution in [0.5, 0.6) is 0 Å². The molecule has 3 heterocycles. The van der Waals surface area contributed by atoms with Crippen molar-refractivity contribution in [3.63, 3.8) is 0 Å². The summed E-state index contributed by atoms with van der Waals surface area (Å²) in [5, 5.41) is 23.7. The van der Waals surface area contributed by atoms with E-state index in [1.807, 2.05) is 0 Å². The van der Waals surface area contributed by atoms with Gasteiger partial charge >= 0.3 is 5.97 Å². The summed E-state index contributed by atoms with van der Waals surface area (Å²) in [7, 11) is 0. The molecule has 10 nitrogen and oxygen atoms in total. The zero-order chi connectivity index (χ0) is 12.7. The number of aromatic carboxylic acids is 1. The molecule has 0 fully saturated rings. The van der Waals surface area contributed by atoms with Gasteiger partial charge in [-0.2, -0.15) is 9.61 Å². The second-order valence-electron chi connectivity index (χ2n) is 3.40. The lowest BCUT2D eigenvalue weighted by Crippen LogP contribution is -2.07. The summed E-state index contributed by atoms with van der Waals surface area (Å²) in [5.41, 5.74) is 5.78. The zero-order valence-electron chi connectivity index (χ0n) is 8.80. The highest BCUT2D eigenvalue weighted by Crippen LogP contribution is 2.13. The quantitative estimate of drug-likeness (QED) is 0.586.